The second kappa shape index (κ2) is 5.14. The summed E-state index contributed by atoms with van der Waals surface area (Å²) < 4.78 is 0. The highest BCUT2D eigenvalue weighted by molar-refractivity contribution is 7.99. The van der Waals surface area contributed by atoms with Crippen LogP contribution in [0.1, 0.15) is 0 Å². The van der Waals surface area contributed by atoms with E-state index in [1.165, 1.54) is 4.90 Å². The molecule has 0 saturated carbocycles. The van der Waals surface area contributed by atoms with Crippen LogP contribution in [-0.4, -0.2) is 36.4 Å². The molecule has 0 saturated heterocycles. The van der Waals surface area contributed by atoms with Crippen LogP contribution < -0.4 is 0 Å². The summed E-state index contributed by atoms with van der Waals surface area (Å²) in [6.07, 6.45) is 0. The maximum absolute atomic E-state index is 9.05. The minimum atomic E-state index is 0.331. The van der Waals surface area contributed by atoms with Gasteiger partial charge in [-0.25, -0.2) is 0 Å². The summed E-state index contributed by atoms with van der Waals surface area (Å²) in [4.78, 5) is 3.37. The quantitative estimate of drug-likeness (QED) is 0.747. The zero-order chi connectivity index (χ0) is 9.68. The van der Waals surface area contributed by atoms with E-state index >= 15 is 0 Å². The van der Waals surface area contributed by atoms with Crippen LogP contribution in [-0.2, 0) is 0 Å². The normalized spacial score (nSPS) is 10.7. The lowest BCUT2D eigenvalue weighted by Gasteiger charge is -2.08. The summed E-state index contributed by atoms with van der Waals surface area (Å²) in [5, 5.41) is 9.05. The van der Waals surface area contributed by atoms with E-state index in [4.69, 9.17) is 5.11 Å². The van der Waals surface area contributed by atoms with Crippen molar-refractivity contribution >= 4 is 11.8 Å². The van der Waals surface area contributed by atoms with Crippen molar-refractivity contribution in [2.75, 3.05) is 26.4 Å². The van der Waals surface area contributed by atoms with E-state index < -0.39 is 0 Å². The Morgan fingerprint density at radius 1 is 1.23 bits per heavy atom. The van der Waals surface area contributed by atoms with E-state index in [1.54, 1.807) is 23.9 Å². The van der Waals surface area contributed by atoms with Crippen molar-refractivity contribution in [1.82, 2.24) is 4.90 Å². The molecule has 2 nitrogen and oxygen atoms in total. The van der Waals surface area contributed by atoms with Gasteiger partial charge in [-0.3, -0.25) is 0 Å². The van der Waals surface area contributed by atoms with Crippen molar-refractivity contribution in [3.8, 4) is 5.75 Å². The number of thioether (sulfide) groups is 1. The molecule has 0 fully saturated rings. The number of nitrogens with zero attached hydrogens (tertiary/aromatic N) is 1. The molecule has 0 bridgehead atoms. The molecule has 0 atom stereocenters. The average molecular weight is 197 g/mol. The van der Waals surface area contributed by atoms with Crippen molar-refractivity contribution in [2.45, 2.75) is 4.90 Å². The maximum Gasteiger partial charge on any atom is 0.115 e. The van der Waals surface area contributed by atoms with Crippen LogP contribution in [0.2, 0.25) is 0 Å². The van der Waals surface area contributed by atoms with Crippen LogP contribution in [0.3, 0.4) is 0 Å². The smallest absolute Gasteiger partial charge is 0.115 e. The third-order valence-corrected chi connectivity index (χ3v) is 2.64. The highest BCUT2D eigenvalue weighted by Gasteiger charge is 1.94. The third kappa shape index (κ3) is 4.20. The van der Waals surface area contributed by atoms with Crippen LogP contribution in [0.25, 0.3) is 0 Å². The molecule has 0 aliphatic carbocycles. The largest absolute Gasteiger partial charge is 0.508 e. The van der Waals surface area contributed by atoms with Gasteiger partial charge in [-0.1, -0.05) is 0 Å². The molecule has 0 aliphatic heterocycles. The van der Waals surface area contributed by atoms with E-state index in [0.717, 1.165) is 12.3 Å². The third-order valence-electron chi connectivity index (χ3n) is 1.64. The molecule has 1 rings (SSSR count). The van der Waals surface area contributed by atoms with Crippen molar-refractivity contribution in [1.29, 1.82) is 0 Å². The molecule has 0 spiro atoms. The van der Waals surface area contributed by atoms with Crippen LogP contribution in [0.4, 0.5) is 0 Å². The molecule has 0 aliphatic rings. The number of rotatable bonds is 4. The van der Waals surface area contributed by atoms with Gasteiger partial charge in [-0.05, 0) is 38.4 Å². The van der Waals surface area contributed by atoms with E-state index in [0.29, 0.717) is 5.75 Å². The van der Waals surface area contributed by atoms with Crippen molar-refractivity contribution in [2.24, 2.45) is 0 Å². The van der Waals surface area contributed by atoms with Gasteiger partial charge in [0, 0.05) is 17.2 Å². The number of benzene rings is 1. The molecule has 13 heavy (non-hydrogen) atoms. The number of phenols is 1. The first-order valence-corrected chi connectivity index (χ1v) is 5.23. The monoisotopic (exact) mass is 197 g/mol. The molecule has 0 heterocycles. The van der Waals surface area contributed by atoms with Gasteiger partial charge in [0.25, 0.3) is 0 Å². The van der Waals surface area contributed by atoms with Crippen LogP contribution >= 0.6 is 11.8 Å². The predicted molar refractivity (Wildman–Crippen MR) is 57.4 cm³/mol. The first-order valence-electron chi connectivity index (χ1n) is 4.25. The van der Waals surface area contributed by atoms with Gasteiger partial charge >= 0.3 is 0 Å². The lowest BCUT2D eigenvalue weighted by atomic mass is 10.3. The molecule has 1 N–H and O–H groups in total. The lowest BCUT2D eigenvalue weighted by molar-refractivity contribution is 0.437. The number of aromatic hydroxyl groups is 1. The summed E-state index contributed by atoms with van der Waals surface area (Å²) in [6.45, 7) is 1.07. The summed E-state index contributed by atoms with van der Waals surface area (Å²) in [7, 11) is 4.13. The second-order valence-electron chi connectivity index (χ2n) is 3.15. The van der Waals surface area contributed by atoms with Gasteiger partial charge in [-0.15, -0.1) is 11.8 Å². The SMILES string of the molecule is CN(C)CCSc1ccc(O)cc1. The van der Waals surface area contributed by atoms with Gasteiger partial charge in [-0.2, -0.15) is 0 Å². The minimum Gasteiger partial charge on any atom is -0.508 e. The number of phenolic OH excluding ortho intramolecular Hbond substituents is 1. The first-order chi connectivity index (χ1) is 6.18. The highest BCUT2D eigenvalue weighted by atomic mass is 32.2. The molecule has 1 aromatic rings. The Morgan fingerprint density at radius 2 is 1.85 bits per heavy atom. The Balaban J connectivity index is 2.33. The number of hydrogen-bond acceptors (Lipinski definition) is 3. The number of hydrogen-bond donors (Lipinski definition) is 1. The topological polar surface area (TPSA) is 23.5 Å². The molecule has 1 aromatic carbocycles. The molecule has 0 radical (unpaired) electrons. The van der Waals surface area contributed by atoms with Crippen molar-refractivity contribution in [3.05, 3.63) is 24.3 Å². The first kappa shape index (κ1) is 10.4. The van der Waals surface area contributed by atoms with E-state index in [2.05, 4.69) is 19.0 Å². The van der Waals surface area contributed by atoms with Gasteiger partial charge < -0.3 is 10.0 Å². The minimum absolute atomic E-state index is 0.331. The molecular weight excluding hydrogens is 182 g/mol. The predicted octanol–water partition coefficient (Wildman–Crippen LogP) is 2.05. The Hall–Kier alpha value is -0.670. The van der Waals surface area contributed by atoms with Gasteiger partial charge in [0.05, 0.1) is 0 Å². The van der Waals surface area contributed by atoms with Crippen LogP contribution in [0.5, 0.6) is 5.75 Å². The molecule has 0 aromatic heterocycles. The molecule has 0 unspecified atom stereocenters. The summed E-state index contributed by atoms with van der Waals surface area (Å²) >= 11 is 1.80. The Bertz CT molecular complexity index is 246. The fourth-order valence-corrected chi connectivity index (χ4v) is 1.91. The molecule has 72 valence electrons. The summed E-state index contributed by atoms with van der Waals surface area (Å²) in [5.41, 5.74) is 0. The van der Waals surface area contributed by atoms with Gasteiger partial charge in [0.15, 0.2) is 0 Å². The van der Waals surface area contributed by atoms with Crippen LogP contribution in [0, 0.1) is 0 Å². The van der Waals surface area contributed by atoms with E-state index in [-0.39, 0.29) is 0 Å². The van der Waals surface area contributed by atoms with Crippen molar-refractivity contribution in [3.63, 3.8) is 0 Å². The molecule has 3 heteroatoms. The fourth-order valence-electron chi connectivity index (χ4n) is 0.888. The molecular formula is C10H15NOS. The van der Waals surface area contributed by atoms with Gasteiger partial charge in [0.1, 0.15) is 5.75 Å². The average Bonchev–Trinajstić information content (AvgIpc) is 2.08. The standard InChI is InChI=1S/C10H15NOS/c1-11(2)7-8-13-10-5-3-9(12)4-6-10/h3-6,12H,7-8H2,1-2H3. The van der Waals surface area contributed by atoms with E-state index in [9.17, 15) is 0 Å². The maximum atomic E-state index is 9.05. The van der Waals surface area contributed by atoms with Gasteiger partial charge in [0.2, 0.25) is 0 Å². The Labute approximate surface area is 83.6 Å². The zero-order valence-corrected chi connectivity index (χ0v) is 8.84. The summed E-state index contributed by atoms with van der Waals surface area (Å²) in [5.74, 6) is 1.41. The van der Waals surface area contributed by atoms with E-state index in [1.807, 2.05) is 12.1 Å². The Kier molecular flexibility index (Phi) is 4.12. The second-order valence-corrected chi connectivity index (χ2v) is 4.31. The summed E-state index contributed by atoms with van der Waals surface area (Å²) in [6, 6.07) is 7.32. The molecule has 0 amide bonds. The zero-order valence-electron chi connectivity index (χ0n) is 8.03. The highest BCUT2D eigenvalue weighted by Crippen LogP contribution is 2.20. The fraction of sp³-hybridized carbons (Fsp3) is 0.400. The van der Waals surface area contributed by atoms with Crippen LogP contribution in [0.15, 0.2) is 29.2 Å². The lowest BCUT2D eigenvalue weighted by Crippen LogP contribution is -2.14. The Morgan fingerprint density at radius 3 is 2.38 bits per heavy atom. The van der Waals surface area contributed by atoms with Crippen molar-refractivity contribution < 1.29 is 5.11 Å².